The molecule has 75 heavy (non-hydrogen) atoms. The maximum atomic E-state index is 14.2. The fourth-order valence-electron chi connectivity index (χ4n) is 10.9. The molecule has 3 aliphatic heterocycles. The predicted octanol–water partition coefficient (Wildman–Crippen LogP) is 8.71. The van der Waals surface area contributed by atoms with E-state index in [1.807, 2.05) is 44.2 Å². The summed E-state index contributed by atoms with van der Waals surface area (Å²) in [7, 11) is 0. The van der Waals surface area contributed by atoms with Gasteiger partial charge in [0.25, 0.3) is 11.8 Å². The van der Waals surface area contributed by atoms with Crippen LogP contribution in [0.1, 0.15) is 86.8 Å². The highest BCUT2D eigenvalue weighted by molar-refractivity contribution is 6.36. The number of halogens is 4. The quantitative estimate of drug-likeness (QED) is 0.111. The number of nitrogens with one attached hydrogen (secondary N) is 1. The molecule has 1 aliphatic carbocycles. The number of anilines is 4. The number of hydrogen-bond acceptors (Lipinski definition) is 12. The average molecular weight is 1040 g/mol. The molecule has 4 aliphatic rings. The normalized spacial score (nSPS) is 18.3. The molecule has 2 unspecified atom stereocenters. The summed E-state index contributed by atoms with van der Waals surface area (Å²) >= 11 is 6.78. The van der Waals surface area contributed by atoms with Crippen LogP contribution < -0.4 is 25.6 Å². The summed E-state index contributed by atoms with van der Waals surface area (Å²) < 4.78 is 50.2. The van der Waals surface area contributed by atoms with Gasteiger partial charge in [-0.1, -0.05) is 56.3 Å². The van der Waals surface area contributed by atoms with E-state index in [2.05, 4.69) is 38.9 Å². The minimum absolute atomic E-state index is 0.0444. The number of likely N-dealkylation sites (tertiary alicyclic amines) is 1. The fraction of sp³-hybridized carbons (Fsp3) is 0.345. The van der Waals surface area contributed by atoms with Crippen LogP contribution in [0.25, 0.3) is 16.5 Å². The lowest BCUT2D eigenvalue weighted by Gasteiger charge is -2.42. The summed E-state index contributed by atoms with van der Waals surface area (Å²) in [6.45, 7) is 10.8. The minimum atomic E-state index is -4.87. The molecule has 5 heterocycles. The van der Waals surface area contributed by atoms with Crippen LogP contribution in [0, 0.1) is 22.7 Å². The molecule has 16 nitrogen and oxygen atoms in total. The molecule has 2 saturated heterocycles. The van der Waals surface area contributed by atoms with Crippen molar-refractivity contribution in [3.8, 4) is 17.8 Å². The minimum Gasteiger partial charge on any atom is -0.463 e. The Morgan fingerprint density at radius 2 is 1.76 bits per heavy atom. The lowest BCUT2D eigenvalue weighted by molar-refractivity contribution is -0.141. The monoisotopic (exact) mass is 1040 g/mol. The number of alkyl halides is 3. The summed E-state index contributed by atoms with van der Waals surface area (Å²) in [6.07, 6.45) is -2.05. The van der Waals surface area contributed by atoms with Gasteiger partial charge in [-0.25, -0.2) is 4.68 Å². The molecule has 20 heteroatoms. The summed E-state index contributed by atoms with van der Waals surface area (Å²) in [4.78, 5) is 70.2. The van der Waals surface area contributed by atoms with Crippen molar-refractivity contribution in [1.29, 1.82) is 5.26 Å². The van der Waals surface area contributed by atoms with E-state index >= 15 is 0 Å². The Balaban J connectivity index is 0.845. The van der Waals surface area contributed by atoms with Crippen molar-refractivity contribution >= 4 is 68.8 Å². The van der Waals surface area contributed by atoms with Crippen LogP contribution in [0.5, 0.6) is 6.01 Å². The van der Waals surface area contributed by atoms with Crippen molar-refractivity contribution in [3.63, 3.8) is 0 Å². The predicted molar refractivity (Wildman–Crippen MR) is 277 cm³/mol. The standard InChI is InChI=1S/C55H53ClF3N11O5/c1-4-46(72)69-24-23-67(29-37(69)17-20-60)51-39-19-22-66(43-10-6-8-33-7-5-9-40(56)47(33)43)30-42(39)63-53(64-51)75-31-32-18-21-68(28-32)52(74)34-11-13-35(14-12-34)62-41-25-36(15-16-38(41)50(61)73)70-44-26-54(2,3)27-45(71)48(44)49(65-70)55(57,58)59/h4-16,25,32,37,62H,1,17-19,21-24,26-31H2,2-3H3,(H2,61,73). The molecule has 0 saturated carbocycles. The summed E-state index contributed by atoms with van der Waals surface area (Å²) in [5.41, 5.74) is 7.63. The molecule has 0 radical (unpaired) electrons. The number of hydrogen-bond donors (Lipinski definition) is 2. The van der Waals surface area contributed by atoms with Gasteiger partial charge in [-0.3, -0.25) is 19.2 Å². The molecule has 386 valence electrons. The number of aromatic nitrogens is 4. The Labute approximate surface area is 435 Å². The second-order valence-electron chi connectivity index (χ2n) is 20.3. The van der Waals surface area contributed by atoms with E-state index in [1.54, 1.807) is 34.1 Å². The van der Waals surface area contributed by atoms with Crippen molar-refractivity contribution in [2.24, 2.45) is 17.1 Å². The van der Waals surface area contributed by atoms with Crippen LogP contribution in [0.2, 0.25) is 5.02 Å². The van der Waals surface area contributed by atoms with Gasteiger partial charge in [0, 0.05) is 79.5 Å². The van der Waals surface area contributed by atoms with Gasteiger partial charge in [0.1, 0.15) is 5.82 Å². The number of carbonyl (C=O) groups is 4. The Morgan fingerprint density at radius 1 is 0.987 bits per heavy atom. The van der Waals surface area contributed by atoms with Crippen molar-refractivity contribution in [3.05, 3.63) is 136 Å². The van der Waals surface area contributed by atoms with E-state index in [0.717, 1.165) is 32.4 Å². The van der Waals surface area contributed by atoms with E-state index in [4.69, 9.17) is 32.0 Å². The third kappa shape index (κ3) is 10.1. The van der Waals surface area contributed by atoms with Crippen LogP contribution in [0.15, 0.2) is 91.5 Å². The number of piperazine rings is 1. The number of benzene rings is 4. The van der Waals surface area contributed by atoms with Crippen molar-refractivity contribution in [2.45, 2.75) is 64.7 Å². The highest BCUT2D eigenvalue weighted by atomic mass is 35.5. The number of nitrogens with two attached hydrogens (primary N) is 1. The van der Waals surface area contributed by atoms with Gasteiger partial charge in [0.2, 0.25) is 5.91 Å². The lowest BCUT2D eigenvalue weighted by atomic mass is 9.75. The summed E-state index contributed by atoms with van der Waals surface area (Å²) in [5.74, 6) is -1.18. The molecule has 2 atom stereocenters. The van der Waals surface area contributed by atoms with Crippen LogP contribution in [0.4, 0.5) is 36.1 Å². The molecule has 10 rings (SSSR count). The van der Waals surface area contributed by atoms with Gasteiger partial charge in [-0.15, -0.1) is 0 Å². The van der Waals surface area contributed by atoms with Gasteiger partial charge < -0.3 is 35.4 Å². The maximum absolute atomic E-state index is 14.2. The molecular formula is C55H53ClF3N11O5. The molecule has 4 aromatic carbocycles. The van der Waals surface area contributed by atoms with E-state index in [-0.39, 0.29) is 78.3 Å². The maximum Gasteiger partial charge on any atom is 0.435 e. The van der Waals surface area contributed by atoms with Crippen molar-refractivity contribution < 1.29 is 37.1 Å². The van der Waals surface area contributed by atoms with Crippen molar-refractivity contribution in [1.82, 2.24) is 29.5 Å². The van der Waals surface area contributed by atoms with Crippen LogP contribution in [-0.2, 0) is 30.4 Å². The number of Topliss-reactive ketones (excluding diaryl/α,β-unsaturated/α-hetero) is 1. The van der Waals surface area contributed by atoms with E-state index < -0.39 is 34.5 Å². The first-order valence-corrected chi connectivity index (χ1v) is 25.1. The number of carbonyl (C=O) groups excluding carboxylic acids is 4. The number of nitrogens with zero attached hydrogens (tertiary/aromatic N) is 9. The van der Waals surface area contributed by atoms with Crippen LogP contribution in [0.3, 0.4) is 0 Å². The van der Waals surface area contributed by atoms with Gasteiger partial charge in [0.15, 0.2) is 11.5 Å². The van der Waals surface area contributed by atoms with E-state index in [1.165, 1.54) is 24.3 Å². The molecule has 3 amide bonds. The molecule has 2 fully saturated rings. The van der Waals surface area contributed by atoms with Crippen LogP contribution in [-0.4, -0.2) is 105 Å². The fourth-order valence-corrected chi connectivity index (χ4v) is 11.2. The summed E-state index contributed by atoms with van der Waals surface area (Å²) in [5, 5.41) is 19.4. The first-order valence-electron chi connectivity index (χ1n) is 24.7. The largest absolute Gasteiger partial charge is 0.463 e. The molecule has 0 spiro atoms. The first kappa shape index (κ1) is 50.5. The third-order valence-corrected chi connectivity index (χ3v) is 14.8. The van der Waals surface area contributed by atoms with Crippen LogP contribution >= 0.6 is 11.6 Å². The Bertz CT molecular complexity index is 3330. The molecule has 0 bridgehead atoms. The smallest absolute Gasteiger partial charge is 0.435 e. The number of primary amides is 1. The van der Waals surface area contributed by atoms with Gasteiger partial charge in [-0.2, -0.15) is 33.5 Å². The highest BCUT2D eigenvalue weighted by Gasteiger charge is 2.46. The van der Waals surface area contributed by atoms with E-state index in [0.29, 0.717) is 80.7 Å². The number of nitriles is 1. The zero-order valence-corrected chi connectivity index (χ0v) is 42.0. The molecular weight excluding hydrogens is 987 g/mol. The number of ether oxygens (including phenoxy) is 1. The van der Waals surface area contributed by atoms with Gasteiger partial charge in [0.05, 0.1) is 70.6 Å². The van der Waals surface area contributed by atoms with Crippen molar-refractivity contribution in [2.75, 3.05) is 61.0 Å². The highest BCUT2D eigenvalue weighted by Crippen LogP contribution is 2.43. The second-order valence-corrected chi connectivity index (χ2v) is 20.7. The second kappa shape index (κ2) is 20.0. The molecule has 3 N–H and O–H groups in total. The molecule has 6 aromatic rings. The zero-order valence-electron chi connectivity index (χ0n) is 41.3. The van der Waals surface area contributed by atoms with E-state index in [9.17, 15) is 37.6 Å². The lowest BCUT2D eigenvalue weighted by Crippen LogP contribution is -2.55. The Hall–Kier alpha value is -7.98. The Morgan fingerprint density at radius 3 is 2.49 bits per heavy atom. The topological polar surface area (TPSA) is 196 Å². The van der Waals surface area contributed by atoms with Gasteiger partial charge in [-0.05, 0) is 90.7 Å². The number of ketones is 1. The average Bonchev–Trinajstić information content (AvgIpc) is 4.04. The SMILES string of the molecule is C=CC(=O)N1CCN(c2nc(OCC3CCN(C(=O)c4ccc(Nc5cc(-n6nc(C(F)(F)F)c7c6CC(C)(C)CC7=O)ccc5C(N)=O)cc4)C3)nc3c2CCN(c2cccc4cccc(Cl)c24)C3)CC1CC#N. The molecule has 2 aromatic heterocycles. The zero-order chi connectivity index (χ0) is 52.9. The third-order valence-electron chi connectivity index (χ3n) is 14.5. The number of fused-ring (bicyclic) bond motifs is 3. The number of rotatable bonds is 12. The number of amides is 3. The Kier molecular flexibility index (Phi) is 13.5. The first-order chi connectivity index (χ1) is 35.9. The summed E-state index contributed by atoms with van der Waals surface area (Å²) in [6, 6.07) is 24.9. The van der Waals surface area contributed by atoms with Gasteiger partial charge >= 0.3 is 12.2 Å².